The molecule has 1 atom stereocenters. The molecule has 1 unspecified atom stereocenters. The monoisotopic (exact) mass is 363 g/mol. The summed E-state index contributed by atoms with van der Waals surface area (Å²) in [5.74, 6) is 0.610. The van der Waals surface area contributed by atoms with Crippen LogP contribution in [0, 0.1) is 5.92 Å². The van der Waals surface area contributed by atoms with Crippen LogP contribution in [0.5, 0.6) is 0 Å². The van der Waals surface area contributed by atoms with E-state index in [0.29, 0.717) is 11.6 Å². The lowest BCUT2D eigenvalue weighted by atomic mass is 10.1. The van der Waals surface area contributed by atoms with Crippen LogP contribution in [-0.2, 0) is 0 Å². The molecule has 0 aromatic heterocycles. The summed E-state index contributed by atoms with van der Waals surface area (Å²) in [6, 6.07) is 33.4. The lowest BCUT2D eigenvalue weighted by Crippen LogP contribution is -2.39. The van der Waals surface area contributed by atoms with Crippen molar-refractivity contribution >= 4 is 23.2 Å². The van der Waals surface area contributed by atoms with Gasteiger partial charge in [0.2, 0.25) is 0 Å². The molecule has 0 radical (unpaired) electrons. The minimum Gasteiger partial charge on any atom is -0.0683 e. The van der Waals surface area contributed by atoms with Crippen LogP contribution in [0.3, 0.4) is 0 Å². The van der Waals surface area contributed by atoms with E-state index in [-0.39, 0.29) is 0 Å². The minimum absolute atomic E-state index is 0.574. The first-order valence-electron chi connectivity index (χ1n) is 9.73. The van der Waals surface area contributed by atoms with Crippen LogP contribution in [0.25, 0.3) is 0 Å². The largest absolute Gasteiger partial charge is 0.115 e. The highest BCUT2D eigenvalue weighted by molar-refractivity contribution is 7.96. The second-order valence-electron chi connectivity index (χ2n) is 6.71. The second-order valence-corrected chi connectivity index (χ2v) is 10.5. The van der Waals surface area contributed by atoms with Crippen LogP contribution in [0.15, 0.2) is 91.0 Å². The van der Waals surface area contributed by atoms with Gasteiger partial charge in [-0.25, -0.2) is 0 Å². The Hall–Kier alpha value is -1.91. The van der Waals surface area contributed by atoms with Crippen molar-refractivity contribution in [3.8, 4) is 0 Å². The Morgan fingerprint density at radius 1 is 0.500 bits per heavy atom. The number of benzene rings is 3. The minimum atomic E-state index is -1.70. The zero-order valence-corrected chi connectivity index (χ0v) is 17.7. The van der Waals surface area contributed by atoms with E-state index < -0.39 is 7.26 Å². The molecule has 0 heterocycles. The van der Waals surface area contributed by atoms with E-state index in [9.17, 15) is 0 Å². The quantitative estimate of drug-likeness (QED) is 0.484. The summed E-state index contributed by atoms with van der Waals surface area (Å²) in [6.45, 7) is 11.1. The van der Waals surface area contributed by atoms with Gasteiger partial charge >= 0.3 is 0 Å². The number of hydrogen-bond donors (Lipinski definition) is 0. The van der Waals surface area contributed by atoms with Gasteiger partial charge in [-0.05, 0) is 49.2 Å². The molecule has 0 bridgehead atoms. The zero-order chi connectivity index (χ0) is 19.0. The molecule has 136 valence electrons. The maximum Gasteiger partial charge on any atom is 0.115 e. The molecule has 0 spiro atoms. The van der Waals surface area contributed by atoms with Crippen LogP contribution in [0.2, 0.25) is 0 Å². The van der Waals surface area contributed by atoms with Gasteiger partial charge in [0.25, 0.3) is 0 Å². The van der Waals surface area contributed by atoms with Crippen molar-refractivity contribution in [1.82, 2.24) is 0 Å². The molecule has 0 amide bonds. The number of hydrogen-bond acceptors (Lipinski definition) is 0. The first kappa shape index (κ1) is 20.4. The summed E-state index contributed by atoms with van der Waals surface area (Å²) in [6.07, 6.45) is 0. The summed E-state index contributed by atoms with van der Waals surface area (Å²) in [4.78, 5) is 0. The first-order chi connectivity index (χ1) is 12.7. The third-order valence-corrected chi connectivity index (χ3v) is 10.2. The molecule has 0 N–H and O–H groups in total. The summed E-state index contributed by atoms with van der Waals surface area (Å²) < 4.78 is 0. The lowest BCUT2D eigenvalue weighted by Gasteiger charge is -2.35. The predicted octanol–water partition coefficient (Wildman–Crippen LogP) is 6.05. The van der Waals surface area contributed by atoms with E-state index in [2.05, 4.69) is 112 Å². The molecule has 0 nitrogen and oxygen atoms in total. The standard InChI is InChI=1S/C23H26P.C2H6/c1-19(2)20(3)24(21-13-7-4-8-14-21,22-15-9-5-10-16-22)23-17-11-6-12-18-23;1-2/h4-20H,1-3H3;1-2H3/q+1;. The van der Waals surface area contributed by atoms with Crippen LogP contribution >= 0.6 is 7.26 Å². The third kappa shape index (κ3) is 3.92. The highest BCUT2D eigenvalue weighted by Gasteiger charge is 2.51. The molecule has 0 saturated heterocycles. The van der Waals surface area contributed by atoms with E-state index in [1.807, 2.05) is 13.8 Å². The van der Waals surface area contributed by atoms with Gasteiger partial charge in [-0.1, -0.05) is 82.3 Å². The molecule has 3 aromatic rings. The fraction of sp³-hybridized carbons (Fsp3) is 0.280. The van der Waals surface area contributed by atoms with Crippen LogP contribution in [0.1, 0.15) is 34.6 Å². The average Bonchev–Trinajstić information content (AvgIpc) is 2.72. The van der Waals surface area contributed by atoms with Crippen molar-refractivity contribution in [2.24, 2.45) is 5.92 Å². The molecule has 0 aliphatic heterocycles. The van der Waals surface area contributed by atoms with Gasteiger partial charge in [-0.2, -0.15) is 0 Å². The maximum atomic E-state index is 2.44. The number of rotatable bonds is 5. The first-order valence-corrected chi connectivity index (χ1v) is 11.6. The van der Waals surface area contributed by atoms with E-state index in [4.69, 9.17) is 0 Å². The van der Waals surface area contributed by atoms with Crippen molar-refractivity contribution < 1.29 is 0 Å². The smallest absolute Gasteiger partial charge is 0.0683 e. The predicted molar refractivity (Wildman–Crippen MR) is 121 cm³/mol. The van der Waals surface area contributed by atoms with Gasteiger partial charge in [-0.3, -0.25) is 0 Å². The lowest BCUT2D eigenvalue weighted by molar-refractivity contribution is 0.635. The fourth-order valence-corrected chi connectivity index (χ4v) is 8.72. The van der Waals surface area contributed by atoms with Crippen molar-refractivity contribution in [1.29, 1.82) is 0 Å². The van der Waals surface area contributed by atoms with Gasteiger partial charge in [0, 0.05) is 0 Å². The average molecular weight is 364 g/mol. The van der Waals surface area contributed by atoms with E-state index in [0.717, 1.165) is 0 Å². The molecule has 26 heavy (non-hydrogen) atoms. The van der Waals surface area contributed by atoms with Crippen molar-refractivity contribution in [3.05, 3.63) is 91.0 Å². The molecule has 0 fully saturated rings. The SMILES string of the molecule is CC.CC(C)C(C)[P+](c1ccccc1)(c1ccccc1)c1ccccc1. The summed E-state index contributed by atoms with van der Waals surface area (Å²) in [5, 5.41) is 4.43. The zero-order valence-electron chi connectivity index (χ0n) is 16.8. The van der Waals surface area contributed by atoms with E-state index >= 15 is 0 Å². The Labute approximate surface area is 160 Å². The Morgan fingerprint density at radius 2 is 0.769 bits per heavy atom. The molecular formula is C25H32P+. The summed E-state index contributed by atoms with van der Waals surface area (Å²) in [7, 11) is -1.70. The van der Waals surface area contributed by atoms with Crippen LogP contribution in [0.4, 0.5) is 0 Å². The van der Waals surface area contributed by atoms with Crippen LogP contribution < -0.4 is 15.9 Å². The highest BCUT2D eigenvalue weighted by Crippen LogP contribution is 2.61. The molecule has 3 aromatic carbocycles. The van der Waals surface area contributed by atoms with E-state index in [1.54, 1.807) is 0 Å². The van der Waals surface area contributed by atoms with Gasteiger partial charge in [0.05, 0.1) is 5.66 Å². The third-order valence-electron chi connectivity index (χ3n) is 5.07. The molecule has 0 aliphatic carbocycles. The summed E-state index contributed by atoms with van der Waals surface area (Å²) in [5.41, 5.74) is 0.574. The molecule has 3 rings (SSSR count). The molecular weight excluding hydrogens is 331 g/mol. The van der Waals surface area contributed by atoms with E-state index in [1.165, 1.54) is 15.9 Å². The van der Waals surface area contributed by atoms with Gasteiger partial charge in [-0.15, -0.1) is 0 Å². The maximum absolute atomic E-state index is 2.44. The van der Waals surface area contributed by atoms with Crippen molar-refractivity contribution in [2.45, 2.75) is 40.3 Å². The Bertz CT molecular complexity index is 651. The topological polar surface area (TPSA) is 0 Å². The summed E-state index contributed by atoms with van der Waals surface area (Å²) >= 11 is 0. The normalized spacial score (nSPS) is 12.2. The van der Waals surface area contributed by atoms with Crippen molar-refractivity contribution in [2.75, 3.05) is 0 Å². The Morgan fingerprint density at radius 3 is 1.00 bits per heavy atom. The fourth-order valence-electron chi connectivity index (χ4n) is 3.59. The molecule has 0 aliphatic rings. The Balaban J connectivity index is 0.00000117. The van der Waals surface area contributed by atoms with Crippen LogP contribution in [-0.4, -0.2) is 5.66 Å². The highest BCUT2D eigenvalue weighted by atomic mass is 31.2. The second kappa shape index (κ2) is 9.70. The van der Waals surface area contributed by atoms with Crippen molar-refractivity contribution in [3.63, 3.8) is 0 Å². The Kier molecular flexibility index (Phi) is 7.61. The van der Waals surface area contributed by atoms with Gasteiger partial charge in [0.15, 0.2) is 0 Å². The van der Waals surface area contributed by atoms with Gasteiger partial charge < -0.3 is 0 Å². The van der Waals surface area contributed by atoms with Gasteiger partial charge in [0.1, 0.15) is 23.2 Å². The molecule has 0 saturated carbocycles. The molecule has 1 heteroatoms.